The number of ether oxygens (including phenoxy) is 4. The fourth-order valence-electron chi connectivity index (χ4n) is 6.76. The molecule has 0 saturated carbocycles. The summed E-state index contributed by atoms with van der Waals surface area (Å²) in [6.45, 7) is 9.20. The first-order valence-corrected chi connectivity index (χ1v) is 21.3. The Balaban J connectivity index is 0.00000812. The largest absolute Gasteiger partial charge is 1.00 e. The number of benzene rings is 1. The zero-order chi connectivity index (χ0) is 38.6. The van der Waals surface area contributed by atoms with E-state index in [1.54, 1.807) is 11.3 Å². The van der Waals surface area contributed by atoms with E-state index in [1.807, 2.05) is 18.2 Å². The molecular formula is C42H65IN4O7S. The van der Waals surface area contributed by atoms with Crippen LogP contribution < -0.4 is 29.3 Å². The van der Waals surface area contributed by atoms with Crippen LogP contribution in [0.15, 0.2) is 35.3 Å². The summed E-state index contributed by atoms with van der Waals surface area (Å²) in [6.07, 6.45) is 14.2. The van der Waals surface area contributed by atoms with Crippen molar-refractivity contribution in [1.82, 2.24) is 4.90 Å². The normalized spacial score (nSPS) is 14.9. The minimum atomic E-state index is -0.897. The van der Waals surface area contributed by atoms with E-state index < -0.39 is 12.3 Å². The molecule has 2 aliphatic rings. The van der Waals surface area contributed by atoms with Crippen LogP contribution in [0.2, 0.25) is 0 Å². The number of rotatable bonds is 23. The molecule has 1 N–H and O–H groups in total. The summed E-state index contributed by atoms with van der Waals surface area (Å²) < 4.78 is 22.7. The molecule has 1 aromatic carbocycles. The lowest BCUT2D eigenvalue weighted by Crippen LogP contribution is -3.00. The van der Waals surface area contributed by atoms with Crippen molar-refractivity contribution in [3.05, 3.63) is 40.8 Å². The molecule has 3 heterocycles. The molecule has 308 valence electrons. The third kappa shape index (κ3) is 16.6. The lowest BCUT2D eigenvalue weighted by atomic mass is 10.1. The molecule has 13 heteroatoms. The predicted octanol–water partition coefficient (Wildman–Crippen LogP) is 6.81. The van der Waals surface area contributed by atoms with Gasteiger partial charge in [0.1, 0.15) is 24.1 Å². The van der Waals surface area contributed by atoms with Gasteiger partial charge in [-0.2, -0.15) is 0 Å². The fourth-order valence-corrected chi connectivity index (χ4v) is 7.68. The molecule has 2 aromatic rings. The second-order valence-electron chi connectivity index (χ2n) is 15.1. The predicted molar refractivity (Wildman–Crippen MR) is 216 cm³/mol. The smallest absolute Gasteiger partial charge is 0.512 e. The van der Waals surface area contributed by atoms with Gasteiger partial charge in [-0.05, 0) is 38.0 Å². The molecule has 4 rings (SSSR count). The Morgan fingerprint density at radius 2 is 1.40 bits per heavy atom. The van der Waals surface area contributed by atoms with Gasteiger partial charge in [-0.15, -0.1) is 11.3 Å². The maximum atomic E-state index is 12.8. The van der Waals surface area contributed by atoms with Crippen LogP contribution in [-0.4, -0.2) is 92.6 Å². The van der Waals surface area contributed by atoms with Crippen molar-refractivity contribution in [3.8, 4) is 0 Å². The molecule has 0 radical (unpaired) electrons. The van der Waals surface area contributed by atoms with Crippen LogP contribution in [0, 0.1) is 6.92 Å². The van der Waals surface area contributed by atoms with Crippen LogP contribution in [0.1, 0.15) is 127 Å². The maximum absolute atomic E-state index is 12.8. The van der Waals surface area contributed by atoms with Gasteiger partial charge in [0.05, 0.1) is 50.2 Å². The van der Waals surface area contributed by atoms with E-state index in [-0.39, 0.29) is 62.3 Å². The quantitative estimate of drug-likeness (QED) is 0.0423. The number of carbonyl (C=O) groups is 3. The molecule has 2 aliphatic heterocycles. The van der Waals surface area contributed by atoms with Crippen LogP contribution in [0.5, 0.6) is 0 Å². The average molecular weight is 897 g/mol. The highest BCUT2D eigenvalue weighted by Gasteiger charge is 2.34. The number of aryl methyl sites for hydroxylation is 1. The SMILES string of the molecule is CCCCCCCCCC(=O)OCC(COC(=O)OC[N+]1(C)CCN(C2=Nc3ccccc3Nc3sc(C)cc32)CC1)OC(=O)CCCCCCCCC.[I-]. The number of amidine groups is 1. The highest BCUT2D eigenvalue weighted by molar-refractivity contribution is 7.16. The number of aliphatic imine (C=N–C) groups is 1. The van der Waals surface area contributed by atoms with E-state index in [2.05, 4.69) is 50.2 Å². The number of esters is 2. The number of anilines is 2. The number of quaternary nitrogens is 1. The van der Waals surface area contributed by atoms with E-state index in [4.69, 9.17) is 23.9 Å². The van der Waals surface area contributed by atoms with E-state index in [0.717, 1.165) is 92.5 Å². The van der Waals surface area contributed by atoms with Crippen LogP contribution >= 0.6 is 11.3 Å². The van der Waals surface area contributed by atoms with Crippen molar-refractivity contribution >= 4 is 51.6 Å². The lowest BCUT2D eigenvalue weighted by molar-refractivity contribution is -0.929. The first-order chi connectivity index (χ1) is 26.2. The van der Waals surface area contributed by atoms with E-state index in [0.29, 0.717) is 10.9 Å². The van der Waals surface area contributed by atoms with Crippen LogP contribution in [0.4, 0.5) is 21.2 Å². The molecule has 11 nitrogen and oxygen atoms in total. The monoisotopic (exact) mass is 896 g/mol. The molecule has 1 aromatic heterocycles. The molecule has 55 heavy (non-hydrogen) atoms. The Morgan fingerprint density at radius 1 is 0.818 bits per heavy atom. The number of nitrogens with one attached hydrogen (secondary N) is 1. The molecule has 1 saturated heterocycles. The van der Waals surface area contributed by atoms with Crippen molar-refractivity contribution in [2.24, 2.45) is 4.99 Å². The number of hydrogen-bond donors (Lipinski definition) is 1. The van der Waals surface area contributed by atoms with E-state index >= 15 is 0 Å². The van der Waals surface area contributed by atoms with Crippen LogP contribution in [-0.2, 0) is 28.5 Å². The summed E-state index contributed by atoms with van der Waals surface area (Å²) in [4.78, 5) is 46.6. The Hall–Kier alpha value is -2.91. The number of nitrogens with zero attached hydrogens (tertiary/aromatic N) is 3. The maximum Gasteiger partial charge on any atom is 0.512 e. The standard InChI is InChI=1S/C42H65N4O7S.HI/c1-5-7-9-11-13-15-17-23-38(47)50-30-34(53-39(48)24-18-16-14-12-10-8-6-2)31-51-42(49)52-32-46(4)27-25-45(26-28-46)40-35-29-33(3)54-41(35)44-37-22-20-19-21-36(37)43-40;/h19-22,29,34,44H,5-18,23-28,30-32H2,1-4H3;1H/q+1;/p-1. The Kier molecular flexibility index (Phi) is 21.4. The average Bonchev–Trinajstić information content (AvgIpc) is 3.45. The summed E-state index contributed by atoms with van der Waals surface area (Å²) in [7, 11) is 2.07. The molecule has 0 aliphatic carbocycles. The minimum Gasteiger partial charge on any atom is -1.00 e. The number of piperazine rings is 1. The van der Waals surface area contributed by atoms with Gasteiger partial charge in [-0.25, -0.2) is 9.79 Å². The van der Waals surface area contributed by atoms with Crippen LogP contribution in [0.3, 0.4) is 0 Å². The molecular weight excluding hydrogens is 831 g/mol. The highest BCUT2D eigenvalue weighted by Crippen LogP contribution is 2.39. The summed E-state index contributed by atoms with van der Waals surface area (Å²) in [5, 5.41) is 4.66. The first-order valence-electron chi connectivity index (χ1n) is 20.5. The molecule has 0 bridgehead atoms. The molecule has 1 fully saturated rings. The molecule has 0 amide bonds. The summed E-state index contributed by atoms with van der Waals surface area (Å²) in [6, 6.07) is 10.3. The van der Waals surface area contributed by atoms with Crippen molar-refractivity contribution in [2.75, 3.05) is 58.5 Å². The Bertz CT molecular complexity index is 1490. The van der Waals surface area contributed by atoms with Crippen molar-refractivity contribution in [3.63, 3.8) is 0 Å². The number of fused-ring (bicyclic) bond motifs is 2. The van der Waals surface area contributed by atoms with Gasteiger partial charge in [0.25, 0.3) is 0 Å². The van der Waals surface area contributed by atoms with Crippen molar-refractivity contribution < 1.29 is 61.8 Å². The Morgan fingerprint density at radius 3 is 2.05 bits per heavy atom. The zero-order valence-electron chi connectivity index (χ0n) is 33.7. The second-order valence-corrected chi connectivity index (χ2v) is 16.4. The second kappa shape index (κ2) is 25.4. The van der Waals surface area contributed by atoms with Gasteiger partial charge in [0, 0.05) is 17.7 Å². The van der Waals surface area contributed by atoms with Gasteiger partial charge in [0.2, 0.25) is 6.73 Å². The number of likely N-dealkylation sites (N-methyl/N-ethyl adjacent to an activating group) is 1. The third-order valence-electron chi connectivity index (χ3n) is 10.2. The lowest BCUT2D eigenvalue weighted by Gasteiger charge is -2.41. The van der Waals surface area contributed by atoms with Crippen LogP contribution in [0.25, 0.3) is 0 Å². The number of hydrogen-bond acceptors (Lipinski definition) is 11. The van der Waals surface area contributed by atoms with Gasteiger partial charge >= 0.3 is 18.1 Å². The summed E-state index contributed by atoms with van der Waals surface area (Å²) in [5.74, 6) is 0.234. The van der Waals surface area contributed by atoms with Gasteiger partial charge in [-0.1, -0.05) is 103 Å². The minimum absolute atomic E-state index is 0. The van der Waals surface area contributed by atoms with Gasteiger partial charge in [-0.3, -0.25) is 14.1 Å². The molecule has 1 unspecified atom stereocenters. The van der Waals surface area contributed by atoms with Crippen molar-refractivity contribution in [2.45, 2.75) is 130 Å². The van der Waals surface area contributed by atoms with Gasteiger partial charge in [0.15, 0.2) is 6.10 Å². The number of carbonyl (C=O) groups excluding carboxylic acids is 3. The van der Waals surface area contributed by atoms with Gasteiger partial charge < -0.3 is 53.1 Å². The fraction of sp³-hybridized carbons (Fsp3) is 0.667. The summed E-state index contributed by atoms with van der Waals surface area (Å²) in [5.41, 5.74) is 3.00. The first kappa shape index (κ1) is 46.5. The topological polar surface area (TPSA) is 116 Å². The zero-order valence-corrected chi connectivity index (χ0v) is 36.7. The number of para-hydroxylation sites is 2. The highest BCUT2D eigenvalue weighted by atomic mass is 127. The van der Waals surface area contributed by atoms with E-state index in [9.17, 15) is 14.4 Å². The third-order valence-corrected chi connectivity index (χ3v) is 11.1. The summed E-state index contributed by atoms with van der Waals surface area (Å²) >= 11 is 1.73. The van der Waals surface area contributed by atoms with Crippen molar-refractivity contribution in [1.29, 1.82) is 0 Å². The van der Waals surface area contributed by atoms with E-state index in [1.165, 1.54) is 56.2 Å². The molecule has 1 atom stereocenters. The number of halogens is 1. The molecule has 0 spiro atoms. The number of unbranched alkanes of at least 4 members (excludes halogenated alkanes) is 12. The number of thiophene rings is 1. The Labute approximate surface area is 350 Å².